The number of benzene rings is 2. The van der Waals surface area contributed by atoms with Gasteiger partial charge in [-0.2, -0.15) is 5.10 Å². The molecular weight excluding hydrogens is 324 g/mol. The van der Waals surface area contributed by atoms with Gasteiger partial charge < -0.3 is 9.47 Å². The van der Waals surface area contributed by atoms with Gasteiger partial charge in [0.15, 0.2) is 5.36 Å². The van der Waals surface area contributed by atoms with Gasteiger partial charge in [-0.1, -0.05) is 6.07 Å². The van der Waals surface area contributed by atoms with Crippen molar-refractivity contribution in [3.05, 3.63) is 73.8 Å². The van der Waals surface area contributed by atoms with Crippen LogP contribution in [0.3, 0.4) is 0 Å². The van der Waals surface area contributed by atoms with Crippen LogP contribution in [-0.4, -0.2) is 20.1 Å². The number of ether oxygens (including phenoxy) is 2. The number of hydrogen-bond donors (Lipinski definition) is 1. The van der Waals surface area contributed by atoms with Gasteiger partial charge in [-0.05, 0) is 36.4 Å². The molecule has 3 aromatic carbocycles. The molecule has 0 fully saturated rings. The van der Waals surface area contributed by atoms with E-state index in [4.69, 9.17) is 9.47 Å². The summed E-state index contributed by atoms with van der Waals surface area (Å²) in [6.45, 7) is 0. The van der Waals surface area contributed by atoms with Crippen LogP contribution in [0, 0.1) is 0 Å². The minimum atomic E-state index is -0.555. The van der Waals surface area contributed by atoms with E-state index in [-0.39, 0.29) is 16.1 Å². The number of fused-ring (bicyclic) bond motifs is 1. The number of nitrogens with one attached hydrogen (secondary N) is 1. The minimum absolute atomic E-state index is 0.207. The van der Waals surface area contributed by atoms with Gasteiger partial charge in [0.1, 0.15) is 11.5 Å². The molecule has 0 aliphatic carbocycles. The van der Waals surface area contributed by atoms with E-state index in [1.165, 1.54) is 32.4 Å². The Morgan fingerprint density at radius 1 is 0.920 bits per heavy atom. The summed E-state index contributed by atoms with van der Waals surface area (Å²) in [7, 11) is 2.95. The fourth-order valence-electron chi connectivity index (χ4n) is 2.43. The maximum Gasteiger partial charge on any atom is 0.271 e. The van der Waals surface area contributed by atoms with Gasteiger partial charge in [0, 0.05) is 16.3 Å². The van der Waals surface area contributed by atoms with Gasteiger partial charge in [-0.3, -0.25) is 14.4 Å². The molecule has 1 N–H and O–H groups in total. The summed E-state index contributed by atoms with van der Waals surface area (Å²) in [5.74, 6) is 0.412. The third-order valence-corrected chi connectivity index (χ3v) is 3.75. The van der Waals surface area contributed by atoms with Crippen molar-refractivity contribution in [1.29, 1.82) is 0 Å². The van der Waals surface area contributed by atoms with Crippen LogP contribution in [0.4, 0.5) is 0 Å². The smallest absolute Gasteiger partial charge is 0.271 e. The van der Waals surface area contributed by atoms with E-state index in [0.29, 0.717) is 17.1 Å². The molecule has 3 rings (SSSR count). The van der Waals surface area contributed by atoms with Crippen molar-refractivity contribution in [2.75, 3.05) is 14.2 Å². The van der Waals surface area contributed by atoms with Crippen LogP contribution < -0.4 is 31.1 Å². The average Bonchev–Trinajstić information content (AvgIpc) is 2.89. The van der Waals surface area contributed by atoms with Crippen LogP contribution in [0.1, 0.15) is 10.4 Å². The topological polar surface area (TPSA) is 94.1 Å². The molecule has 1 amide bonds. The first-order valence-corrected chi connectivity index (χ1v) is 7.34. The van der Waals surface area contributed by atoms with Crippen LogP contribution in [-0.2, 0) is 0 Å². The summed E-state index contributed by atoms with van der Waals surface area (Å²) in [5, 5.41) is 3.83. The fourth-order valence-corrected chi connectivity index (χ4v) is 2.43. The second-order valence-electron chi connectivity index (χ2n) is 5.20. The number of carbonyl (C=O) groups excluding carboxylic acids is 1. The van der Waals surface area contributed by atoms with Gasteiger partial charge in [0.05, 0.1) is 14.2 Å². The molecule has 7 nitrogen and oxygen atoms in total. The Kier molecular flexibility index (Phi) is 4.30. The lowest BCUT2D eigenvalue weighted by Crippen LogP contribution is -2.35. The first-order chi connectivity index (χ1) is 12.0. The first kappa shape index (κ1) is 16.4. The molecule has 0 aliphatic heterocycles. The molecule has 0 saturated carbocycles. The predicted octanol–water partition coefficient (Wildman–Crippen LogP) is 0.699. The average molecular weight is 338 g/mol. The van der Waals surface area contributed by atoms with Crippen LogP contribution in [0.25, 0.3) is 10.8 Å². The highest BCUT2D eigenvalue weighted by Gasteiger charge is 2.13. The van der Waals surface area contributed by atoms with Gasteiger partial charge in [-0.15, -0.1) is 0 Å². The Morgan fingerprint density at radius 3 is 2.32 bits per heavy atom. The van der Waals surface area contributed by atoms with Crippen molar-refractivity contribution in [3.8, 4) is 11.5 Å². The molecule has 0 radical (unpaired) electrons. The van der Waals surface area contributed by atoms with Gasteiger partial charge in [0.25, 0.3) is 5.91 Å². The molecule has 3 aromatic rings. The number of amides is 1. The van der Waals surface area contributed by atoms with Crippen LogP contribution >= 0.6 is 0 Å². The van der Waals surface area contributed by atoms with Gasteiger partial charge in [0.2, 0.25) is 10.9 Å². The van der Waals surface area contributed by atoms with E-state index < -0.39 is 16.8 Å². The van der Waals surface area contributed by atoms with E-state index >= 15 is 0 Å². The van der Waals surface area contributed by atoms with E-state index in [1.807, 2.05) is 0 Å². The second-order valence-corrected chi connectivity index (χ2v) is 5.20. The molecule has 0 aromatic heterocycles. The molecule has 7 heteroatoms. The Labute approximate surface area is 141 Å². The number of rotatable bonds is 4. The van der Waals surface area contributed by atoms with E-state index in [9.17, 15) is 14.4 Å². The lowest BCUT2D eigenvalue weighted by atomic mass is 10.2. The highest BCUT2D eigenvalue weighted by atomic mass is 16.5. The zero-order valence-corrected chi connectivity index (χ0v) is 13.5. The fraction of sp³-hybridized carbons (Fsp3) is 0.111. The van der Waals surface area contributed by atoms with Gasteiger partial charge in [-0.25, -0.2) is 5.43 Å². The number of methoxy groups -OCH3 is 2. The Balaban J connectivity index is 2.00. The summed E-state index contributed by atoms with van der Waals surface area (Å²) in [4.78, 5) is 36.8. The lowest BCUT2D eigenvalue weighted by molar-refractivity contribution is 0.0952. The molecule has 0 bridgehead atoms. The normalized spacial score (nSPS) is 11.5. The van der Waals surface area contributed by atoms with E-state index in [1.54, 1.807) is 24.3 Å². The van der Waals surface area contributed by atoms with Crippen molar-refractivity contribution in [2.24, 2.45) is 5.10 Å². The maximum atomic E-state index is 12.3. The maximum absolute atomic E-state index is 12.3. The zero-order valence-electron chi connectivity index (χ0n) is 13.5. The van der Waals surface area contributed by atoms with Crippen LogP contribution in [0.5, 0.6) is 11.5 Å². The quantitative estimate of drug-likeness (QED) is 0.707. The number of carbonyl (C=O) groups is 1. The van der Waals surface area contributed by atoms with Crippen molar-refractivity contribution >= 4 is 16.7 Å². The van der Waals surface area contributed by atoms with Crippen molar-refractivity contribution in [3.63, 3.8) is 0 Å². The summed E-state index contributed by atoms with van der Waals surface area (Å²) < 4.78 is 10.1. The standard InChI is InChI=1S/C18H14N2O5/c1-24-11-5-3-4-10(8-11)18(23)20-19-15-16(21)13-7-6-12(25-2)9-14(13)17(15)22/h3-9H,1-2H3,(H,20,23)/b19-15-. The van der Waals surface area contributed by atoms with E-state index in [0.717, 1.165) is 0 Å². The molecular formula is C18H14N2O5. The third-order valence-electron chi connectivity index (χ3n) is 3.75. The van der Waals surface area contributed by atoms with E-state index in [2.05, 4.69) is 10.5 Å². The molecule has 0 spiro atoms. The minimum Gasteiger partial charge on any atom is -0.497 e. The lowest BCUT2D eigenvalue weighted by Gasteiger charge is -2.02. The molecule has 0 atom stereocenters. The predicted molar refractivity (Wildman–Crippen MR) is 91.4 cm³/mol. The molecule has 0 aliphatic rings. The van der Waals surface area contributed by atoms with Crippen molar-refractivity contribution < 1.29 is 14.3 Å². The summed E-state index contributed by atoms with van der Waals surface area (Å²) in [5.41, 5.74) is 1.44. The summed E-state index contributed by atoms with van der Waals surface area (Å²) >= 11 is 0. The monoisotopic (exact) mass is 338 g/mol. The second kappa shape index (κ2) is 6.56. The highest BCUT2D eigenvalue weighted by molar-refractivity contribution is 5.94. The molecule has 0 unspecified atom stereocenters. The SMILES string of the molecule is COc1cccc(C(=O)N/N=c2/c(=O)c3ccc(OC)cc3c2=O)c1. The number of hydrogen-bond acceptors (Lipinski definition) is 6. The summed E-state index contributed by atoms with van der Waals surface area (Å²) in [6.07, 6.45) is 0. The molecule has 0 heterocycles. The van der Waals surface area contributed by atoms with Crippen LogP contribution in [0.2, 0.25) is 0 Å². The molecule has 25 heavy (non-hydrogen) atoms. The zero-order chi connectivity index (χ0) is 18.0. The van der Waals surface area contributed by atoms with Crippen molar-refractivity contribution in [2.45, 2.75) is 0 Å². The Bertz CT molecular complexity index is 1110. The Morgan fingerprint density at radius 2 is 1.60 bits per heavy atom. The highest BCUT2D eigenvalue weighted by Crippen LogP contribution is 2.15. The van der Waals surface area contributed by atoms with Crippen LogP contribution in [0.15, 0.2) is 57.2 Å². The van der Waals surface area contributed by atoms with Gasteiger partial charge >= 0.3 is 0 Å². The first-order valence-electron chi connectivity index (χ1n) is 7.34. The summed E-state index contributed by atoms with van der Waals surface area (Å²) in [6, 6.07) is 11.0. The molecule has 0 saturated heterocycles. The number of nitrogens with zero attached hydrogens (tertiary/aromatic N) is 1. The largest absolute Gasteiger partial charge is 0.497 e. The third kappa shape index (κ3) is 2.99. The molecule has 126 valence electrons. The Hall–Kier alpha value is -3.48. The van der Waals surface area contributed by atoms with Crippen molar-refractivity contribution in [1.82, 2.24) is 5.43 Å².